The predicted molar refractivity (Wildman–Crippen MR) is 114 cm³/mol. The third-order valence-electron chi connectivity index (χ3n) is 4.37. The predicted octanol–water partition coefficient (Wildman–Crippen LogP) is 3.13. The van der Waals surface area contributed by atoms with Crippen LogP contribution in [-0.4, -0.2) is 40.8 Å². The van der Waals surface area contributed by atoms with E-state index in [1.807, 2.05) is 38.1 Å². The van der Waals surface area contributed by atoms with Gasteiger partial charge in [-0.15, -0.1) is 0 Å². The molecule has 0 spiro atoms. The first-order valence-electron chi connectivity index (χ1n) is 9.42. The highest BCUT2D eigenvalue weighted by molar-refractivity contribution is 7.92. The van der Waals surface area contributed by atoms with Crippen molar-refractivity contribution < 1.29 is 22.7 Å². The van der Waals surface area contributed by atoms with Crippen LogP contribution in [0.5, 0.6) is 11.5 Å². The van der Waals surface area contributed by atoms with Gasteiger partial charge in [0, 0.05) is 6.07 Å². The second kappa shape index (κ2) is 10.2. The molecule has 0 aromatic heterocycles. The van der Waals surface area contributed by atoms with Crippen molar-refractivity contribution in [3.8, 4) is 11.5 Å². The second-order valence-electron chi connectivity index (χ2n) is 6.50. The molecule has 0 aliphatic carbocycles. The molecule has 29 heavy (non-hydrogen) atoms. The molecule has 0 saturated heterocycles. The van der Waals surface area contributed by atoms with E-state index in [0.29, 0.717) is 24.5 Å². The van der Waals surface area contributed by atoms with E-state index in [0.717, 1.165) is 21.9 Å². The van der Waals surface area contributed by atoms with Crippen LogP contribution in [0.1, 0.15) is 31.9 Å². The topological polar surface area (TPSA) is 84.9 Å². The number of carbonyl (C=O) groups excluding carboxylic acids is 1. The Morgan fingerprint density at radius 2 is 1.79 bits per heavy atom. The van der Waals surface area contributed by atoms with Gasteiger partial charge in [-0.2, -0.15) is 0 Å². The van der Waals surface area contributed by atoms with Crippen molar-refractivity contribution in [3.05, 3.63) is 54.1 Å². The van der Waals surface area contributed by atoms with Gasteiger partial charge in [-0.3, -0.25) is 9.10 Å². The van der Waals surface area contributed by atoms with E-state index in [9.17, 15) is 13.2 Å². The van der Waals surface area contributed by atoms with E-state index in [-0.39, 0.29) is 18.5 Å². The van der Waals surface area contributed by atoms with Gasteiger partial charge in [-0.25, -0.2) is 8.42 Å². The lowest BCUT2D eigenvalue weighted by atomic mass is 10.0. The largest absolute Gasteiger partial charge is 0.497 e. The first-order valence-corrected chi connectivity index (χ1v) is 11.3. The summed E-state index contributed by atoms with van der Waals surface area (Å²) < 4.78 is 36.3. The minimum atomic E-state index is -3.66. The van der Waals surface area contributed by atoms with E-state index in [1.165, 1.54) is 0 Å². The van der Waals surface area contributed by atoms with Gasteiger partial charge in [0.15, 0.2) is 0 Å². The monoisotopic (exact) mass is 420 g/mol. The number of nitrogens with zero attached hydrogens (tertiary/aromatic N) is 1. The zero-order valence-electron chi connectivity index (χ0n) is 17.2. The summed E-state index contributed by atoms with van der Waals surface area (Å²) in [6.07, 6.45) is 1.74. The standard InChI is InChI=1S/C21H28N2O5S/c1-5-20(16-10-12-18(27-3)13-11-16)22-21(24)15-23(29(4,25)26)17-8-7-9-19(14-17)28-6-2/h7-14,20H,5-6,15H2,1-4H3,(H,22,24)/t20-/m0/s1. The van der Waals surface area contributed by atoms with E-state index in [2.05, 4.69) is 5.32 Å². The molecule has 7 nitrogen and oxygen atoms in total. The molecule has 1 N–H and O–H groups in total. The van der Waals surface area contributed by atoms with Crippen molar-refractivity contribution in [1.29, 1.82) is 0 Å². The Hall–Kier alpha value is -2.74. The summed E-state index contributed by atoms with van der Waals surface area (Å²) in [6, 6.07) is 13.9. The summed E-state index contributed by atoms with van der Waals surface area (Å²) in [4.78, 5) is 12.7. The molecule has 1 atom stereocenters. The molecule has 0 bridgehead atoms. The van der Waals surface area contributed by atoms with Crippen LogP contribution < -0.4 is 19.1 Å². The molecule has 2 aromatic carbocycles. The molecule has 0 aliphatic rings. The average Bonchev–Trinajstić information content (AvgIpc) is 2.70. The van der Waals surface area contributed by atoms with Gasteiger partial charge in [0.25, 0.3) is 0 Å². The summed E-state index contributed by atoms with van der Waals surface area (Å²) in [5, 5.41) is 2.92. The fourth-order valence-electron chi connectivity index (χ4n) is 2.92. The van der Waals surface area contributed by atoms with E-state index in [1.54, 1.807) is 31.4 Å². The maximum absolute atomic E-state index is 12.7. The number of amides is 1. The molecule has 2 aromatic rings. The summed E-state index contributed by atoms with van der Waals surface area (Å²) in [6.45, 7) is 3.94. The lowest BCUT2D eigenvalue weighted by molar-refractivity contribution is -0.120. The van der Waals surface area contributed by atoms with Crippen LogP contribution in [0.2, 0.25) is 0 Å². The summed E-state index contributed by atoms with van der Waals surface area (Å²) in [5.74, 6) is 0.885. The number of benzene rings is 2. The number of anilines is 1. The maximum atomic E-state index is 12.7. The minimum absolute atomic E-state index is 0.232. The smallest absolute Gasteiger partial charge is 0.241 e. The van der Waals surface area contributed by atoms with Crippen molar-refractivity contribution >= 4 is 21.6 Å². The Balaban J connectivity index is 2.18. The van der Waals surface area contributed by atoms with Gasteiger partial charge in [0.05, 0.1) is 31.7 Å². The number of methoxy groups -OCH3 is 1. The van der Waals surface area contributed by atoms with Crippen molar-refractivity contribution in [2.24, 2.45) is 0 Å². The average molecular weight is 421 g/mol. The highest BCUT2D eigenvalue weighted by atomic mass is 32.2. The van der Waals surface area contributed by atoms with Gasteiger partial charge in [-0.1, -0.05) is 25.1 Å². The Kier molecular flexibility index (Phi) is 7.90. The quantitative estimate of drug-likeness (QED) is 0.638. The van der Waals surface area contributed by atoms with Gasteiger partial charge in [0.2, 0.25) is 15.9 Å². The van der Waals surface area contributed by atoms with Crippen LogP contribution in [0.25, 0.3) is 0 Å². The van der Waals surface area contributed by atoms with Crippen molar-refractivity contribution in [2.75, 3.05) is 30.8 Å². The molecule has 0 heterocycles. The Bertz CT molecular complexity index is 913. The van der Waals surface area contributed by atoms with Crippen molar-refractivity contribution in [2.45, 2.75) is 26.3 Å². The van der Waals surface area contributed by atoms with Crippen molar-refractivity contribution in [1.82, 2.24) is 5.32 Å². The van der Waals surface area contributed by atoms with Crippen LogP contribution in [0.4, 0.5) is 5.69 Å². The molecule has 0 fully saturated rings. The van der Waals surface area contributed by atoms with E-state index < -0.39 is 10.0 Å². The molecular weight excluding hydrogens is 392 g/mol. The molecule has 0 radical (unpaired) electrons. The Morgan fingerprint density at radius 3 is 2.34 bits per heavy atom. The second-order valence-corrected chi connectivity index (χ2v) is 8.41. The SMILES string of the molecule is CCOc1cccc(N(CC(=O)N[C@@H](CC)c2ccc(OC)cc2)S(C)(=O)=O)c1. The summed E-state index contributed by atoms with van der Waals surface area (Å²) >= 11 is 0. The number of sulfonamides is 1. The zero-order chi connectivity index (χ0) is 21.4. The number of ether oxygens (including phenoxy) is 2. The third kappa shape index (κ3) is 6.39. The van der Waals surface area contributed by atoms with E-state index >= 15 is 0 Å². The van der Waals surface area contributed by atoms with Crippen LogP contribution >= 0.6 is 0 Å². The van der Waals surface area contributed by atoms with Gasteiger partial charge >= 0.3 is 0 Å². The Labute approximate surface area is 172 Å². The highest BCUT2D eigenvalue weighted by Gasteiger charge is 2.23. The van der Waals surface area contributed by atoms with Gasteiger partial charge in [0.1, 0.15) is 18.0 Å². The molecule has 8 heteroatoms. The molecule has 0 unspecified atom stereocenters. The molecule has 1 amide bonds. The number of carbonyl (C=O) groups is 1. The molecule has 158 valence electrons. The lowest BCUT2D eigenvalue weighted by Crippen LogP contribution is -2.41. The number of nitrogens with one attached hydrogen (secondary N) is 1. The van der Waals surface area contributed by atoms with Crippen molar-refractivity contribution in [3.63, 3.8) is 0 Å². The van der Waals surface area contributed by atoms with Crippen LogP contribution in [0, 0.1) is 0 Å². The number of hydrogen-bond acceptors (Lipinski definition) is 5. The van der Waals surface area contributed by atoms with Gasteiger partial charge < -0.3 is 14.8 Å². The molecule has 0 aliphatic heterocycles. The van der Waals surface area contributed by atoms with Crippen LogP contribution in [0.3, 0.4) is 0 Å². The third-order valence-corrected chi connectivity index (χ3v) is 5.51. The summed E-state index contributed by atoms with van der Waals surface area (Å²) in [5.41, 5.74) is 1.30. The molecular formula is C21H28N2O5S. The molecule has 0 saturated carbocycles. The first kappa shape index (κ1) is 22.5. The first-order chi connectivity index (χ1) is 13.8. The number of rotatable bonds is 10. The van der Waals surface area contributed by atoms with Crippen LogP contribution in [0.15, 0.2) is 48.5 Å². The van der Waals surface area contributed by atoms with Gasteiger partial charge in [-0.05, 0) is 43.2 Å². The number of hydrogen-bond donors (Lipinski definition) is 1. The maximum Gasteiger partial charge on any atom is 0.241 e. The fraction of sp³-hybridized carbons (Fsp3) is 0.381. The minimum Gasteiger partial charge on any atom is -0.497 e. The van der Waals surface area contributed by atoms with E-state index in [4.69, 9.17) is 9.47 Å². The Morgan fingerprint density at radius 1 is 1.10 bits per heavy atom. The fourth-order valence-corrected chi connectivity index (χ4v) is 3.77. The zero-order valence-corrected chi connectivity index (χ0v) is 18.0. The molecule has 2 rings (SSSR count). The van der Waals surface area contributed by atoms with Crippen LogP contribution in [-0.2, 0) is 14.8 Å². The lowest BCUT2D eigenvalue weighted by Gasteiger charge is -2.24. The highest BCUT2D eigenvalue weighted by Crippen LogP contribution is 2.24. The normalized spacial score (nSPS) is 12.1. The summed E-state index contributed by atoms with van der Waals surface area (Å²) in [7, 11) is -2.07.